The van der Waals surface area contributed by atoms with E-state index in [1.54, 1.807) is 16.0 Å². The molecule has 2 aliphatic rings. The van der Waals surface area contributed by atoms with Crippen molar-refractivity contribution in [2.24, 2.45) is 0 Å². The number of carbonyl (C=O) groups excluding carboxylic acids is 1. The van der Waals surface area contributed by atoms with Crippen LogP contribution in [0.4, 0.5) is 5.69 Å². The fourth-order valence-electron chi connectivity index (χ4n) is 4.36. The van der Waals surface area contributed by atoms with Gasteiger partial charge in [-0.05, 0) is 42.1 Å². The molecular formula is C22H23ClN4O3S2. The van der Waals surface area contributed by atoms with Crippen molar-refractivity contribution in [3.63, 3.8) is 0 Å². The Bertz CT molecular complexity index is 1230. The van der Waals surface area contributed by atoms with Crippen LogP contribution < -0.4 is 4.90 Å². The molecular weight excluding hydrogens is 468 g/mol. The van der Waals surface area contributed by atoms with E-state index in [9.17, 15) is 13.2 Å². The van der Waals surface area contributed by atoms with Gasteiger partial charge >= 0.3 is 0 Å². The fourth-order valence-corrected chi connectivity index (χ4v) is 6.97. The minimum absolute atomic E-state index is 0.0684. The zero-order valence-electron chi connectivity index (χ0n) is 17.4. The van der Waals surface area contributed by atoms with Gasteiger partial charge in [0.2, 0.25) is 0 Å². The number of sulfone groups is 1. The van der Waals surface area contributed by atoms with Gasteiger partial charge in [-0.15, -0.1) is 11.3 Å². The highest BCUT2D eigenvalue weighted by Gasteiger charge is 2.33. The van der Waals surface area contributed by atoms with E-state index < -0.39 is 9.84 Å². The SMILES string of the molecule is O=C(c1cc(-c2cccs2)n([C@H]2CCS(=O)(=O)C2)n1)N1CCN(c2cccc(Cl)c2)CC1. The number of hydrogen-bond donors (Lipinski definition) is 0. The van der Waals surface area contributed by atoms with Gasteiger partial charge in [-0.3, -0.25) is 9.48 Å². The first-order chi connectivity index (χ1) is 15.4. The van der Waals surface area contributed by atoms with Crippen molar-refractivity contribution in [2.45, 2.75) is 12.5 Å². The van der Waals surface area contributed by atoms with Crippen molar-refractivity contribution < 1.29 is 13.2 Å². The summed E-state index contributed by atoms with van der Waals surface area (Å²) in [6.07, 6.45) is 0.522. The maximum atomic E-state index is 13.3. The van der Waals surface area contributed by atoms with Crippen LogP contribution in [0.1, 0.15) is 23.0 Å². The van der Waals surface area contributed by atoms with Crippen LogP contribution in [0.3, 0.4) is 0 Å². The lowest BCUT2D eigenvalue weighted by molar-refractivity contribution is 0.0739. The number of halogens is 1. The van der Waals surface area contributed by atoms with Crippen molar-refractivity contribution in [3.05, 3.63) is 58.6 Å². The van der Waals surface area contributed by atoms with Gasteiger partial charge in [0.25, 0.3) is 5.91 Å². The Hall–Kier alpha value is -2.36. The second kappa shape index (κ2) is 8.53. The van der Waals surface area contributed by atoms with Gasteiger partial charge in [0, 0.05) is 36.9 Å². The quantitative estimate of drug-likeness (QED) is 0.558. The number of amides is 1. The molecule has 1 aromatic carbocycles. The van der Waals surface area contributed by atoms with E-state index in [-0.39, 0.29) is 23.5 Å². The molecule has 0 N–H and O–H groups in total. The molecule has 0 bridgehead atoms. The summed E-state index contributed by atoms with van der Waals surface area (Å²) in [4.78, 5) is 18.3. The number of anilines is 1. The summed E-state index contributed by atoms with van der Waals surface area (Å²) in [5.74, 6) is 0.114. The number of piperazine rings is 1. The number of rotatable bonds is 4. The van der Waals surface area contributed by atoms with Gasteiger partial charge in [0.1, 0.15) is 0 Å². The second-order valence-corrected chi connectivity index (χ2v) is 11.8. The molecule has 1 amide bonds. The smallest absolute Gasteiger partial charge is 0.274 e. The molecule has 3 aromatic rings. The minimum atomic E-state index is -3.06. The molecule has 0 aliphatic carbocycles. The predicted molar refractivity (Wildman–Crippen MR) is 127 cm³/mol. The van der Waals surface area contributed by atoms with E-state index >= 15 is 0 Å². The lowest BCUT2D eigenvalue weighted by Gasteiger charge is -2.35. The highest BCUT2D eigenvalue weighted by atomic mass is 35.5. The third-order valence-electron chi connectivity index (χ3n) is 6.02. The lowest BCUT2D eigenvalue weighted by Crippen LogP contribution is -2.48. The molecule has 1 atom stereocenters. The highest BCUT2D eigenvalue weighted by molar-refractivity contribution is 7.91. The molecule has 2 aliphatic heterocycles. The summed E-state index contributed by atoms with van der Waals surface area (Å²) in [6, 6.07) is 13.2. The van der Waals surface area contributed by atoms with Crippen LogP contribution in [-0.2, 0) is 9.84 Å². The molecule has 2 fully saturated rings. The van der Waals surface area contributed by atoms with Crippen LogP contribution in [0, 0.1) is 0 Å². The number of carbonyl (C=O) groups is 1. The third-order valence-corrected chi connectivity index (χ3v) is 8.90. The Morgan fingerprint density at radius 3 is 2.56 bits per heavy atom. The topological polar surface area (TPSA) is 75.5 Å². The Labute approximate surface area is 196 Å². The molecule has 0 unspecified atom stereocenters. The third kappa shape index (κ3) is 4.29. The van der Waals surface area contributed by atoms with E-state index in [0.29, 0.717) is 43.3 Å². The maximum Gasteiger partial charge on any atom is 0.274 e. The van der Waals surface area contributed by atoms with Gasteiger partial charge in [0.15, 0.2) is 15.5 Å². The Balaban J connectivity index is 1.36. The average molecular weight is 491 g/mol. The van der Waals surface area contributed by atoms with Crippen LogP contribution >= 0.6 is 22.9 Å². The van der Waals surface area contributed by atoms with E-state index in [1.807, 2.05) is 52.7 Å². The normalized spacial score (nSPS) is 20.6. The van der Waals surface area contributed by atoms with Crippen molar-refractivity contribution in [3.8, 4) is 10.6 Å². The number of hydrogen-bond acceptors (Lipinski definition) is 6. The van der Waals surface area contributed by atoms with Gasteiger partial charge in [-0.2, -0.15) is 5.10 Å². The van der Waals surface area contributed by atoms with Crippen LogP contribution in [0.2, 0.25) is 5.02 Å². The van der Waals surface area contributed by atoms with Crippen LogP contribution in [-0.4, -0.2) is 66.7 Å². The van der Waals surface area contributed by atoms with Crippen LogP contribution in [0.25, 0.3) is 10.6 Å². The fraction of sp³-hybridized carbons (Fsp3) is 0.364. The first-order valence-corrected chi connectivity index (χ1v) is 13.6. The molecule has 10 heteroatoms. The van der Waals surface area contributed by atoms with Crippen molar-refractivity contribution >= 4 is 44.4 Å². The molecule has 0 spiro atoms. The summed E-state index contributed by atoms with van der Waals surface area (Å²) < 4.78 is 25.8. The largest absolute Gasteiger partial charge is 0.368 e. The summed E-state index contributed by atoms with van der Waals surface area (Å²) in [6.45, 7) is 2.60. The summed E-state index contributed by atoms with van der Waals surface area (Å²) in [5, 5.41) is 7.28. The molecule has 32 heavy (non-hydrogen) atoms. The standard InChI is InChI=1S/C22H23ClN4O3S2/c23-16-3-1-4-17(13-16)25-7-9-26(10-8-25)22(28)19-14-20(21-5-2-11-31-21)27(24-19)18-6-12-32(29,30)15-18/h1-5,11,13-14,18H,6-10,12,15H2/t18-/m0/s1. The summed E-state index contributed by atoms with van der Waals surface area (Å²) >= 11 is 7.67. The molecule has 7 nitrogen and oxygen atoms in total. The number of nitrogens with zero attached hydrogens (tertiary/aromatic N) is 4. The van der Waals surface area contributed by atoms with E-state index in [4.69, 9.17) is 11.6 Å². The van der Waals surface area contributed by atoms with Crippen LogP contribution in [0.15, 0.2) is 47.8 Å². The Kier molecular flexibility index (Phi) is 5.73. The van der Waals surface area contributed by atoms with E-state index in [0.717, 1.165) is 16.3 Å². The van der Waals surface area contributed by atoms with Gasteiger partial charge < -0.3 is 9.80 Å². The van der Waals surface area contributed by atoms with Gasteiger partial charge in [-0.25, -0.2) is 8.42 Å². The highest BCUT2D eigenvalue weighted by Crippen LogP contribution is 2.32. The van der Waals surface area contributed by atoms with E-state index in [2.05, 4.69) is 10.00 Å². The lowest BCUT2D eigenvalue weighted by atomic mass is 10.2. The average Bonchev–Trinajstić information content (AvgIpc) is 3.52. The molecule has 2 saturated heterocycles. The molecule has 2 aromatic heterocycles. The Morgan fingerprint density at radius 1 is 1.09 bits per heavy atom. The number of aromatic nitrogens is 2. The number of benzene rings is 1. The summed E-state index contributed by atoms with van der Waals surface area (Å²) in [5.41, 5.74) is 2.23. The molecule has 0 radical (unpaired) electrons. The first-order valence-electron chi connectivity index (χ1n) is 10.5. The van der Waals surface area contributed by atoms with Crippen LogP contribution in [0.5, 0.6) is 0 Å². The van der Waals surface area contributed by atoms with Crippen molar-refractivity contribution in [2.75, 3.05) is 42.6 Å². The number of thiophene rings is 1. The molecule has 168 valence electrons. The second-order valence-electron chi connectivity index (χ2n) is 8.15. The maximum absolute atomic E-state index is 13.3. The monoisotopic (exact) mass is 490 g/mol. The first kappa shape index (κ1) is 21.5. The Morgan fingerprint density at radius 2 is 1.91 bits per heavy atom. The van der Waals surface area contributed by atoms with Crippen molar-refractivity contribution in [1.29, 1.82) is 0 Å². The van der Waals surface area contributed by atoms with Gasteiger partial charge in [0.05, 0.1) is 28.1 Å². The van der Waals surface area contributed by atoms with Gasteiger partial charge in [-0.1, -0.05) is 23.7 Å². The van der Waals surface area contributed by atoms with E-state index in [1.165, 1.54) is 0 Å². The zero-order valence-corrected chi connectivity index (χ0v) is 19.7. The summed E-state index contributed by atoms with van der Waals surface area (Å²) in [7, 11) is -3.06. The molecule has 5 rings (SSSR count). The molecule has 4 heterocycles. The van der Waals surface area contributed by atoms with Crippen molar-refractivity contribution in [1.82, 2.24) is 14.7 Å². The zero-order chi connectivity index (χ0) is 22.3. The molecule has 0 saturated carbocycles. The predicted octanol–water partition coefficient (Wildman–Crippen LogP) is 3.59. The minimum Gasteiger partial charge on any atom is -0.368 e.